The highest BCUT2D eigenvalue weighted by atomic mass is 14.9. The van der Waals surface area contributed by atoms with Gasteiger partial charge >= 0.3 is 0 Å². The van der Waals surface area contributed by atoms with E-state index in [9.17, 15) is 0 Å². The van der Waals surface area contributed by atoms with E-state index < -0.39 is 0 Å². The Labute approximate surface area is 125 Å². The van der Waals surface area contributed by atoms with E-state index in [2.05, 4.69) is 66.6 Å². The largest absolute Gasteiger partial charge is 0.309 e. The van der Waals surface area contributed by atoms with Gasteiger partial charge in [-0.15, -0.1) is 0 Å². The molecule has 2 heteroatoms. The zero-order chi connectivity index (χ0) is 14.7. The van der Waals surface area contributed by atoms with Crippen molar-refractivity contribution in [2.24, 2.45) is 0 Å². The first-order valence-electron chi connectivity index (χ1n) is 7.33. The average Bonchev–Trinajstić information content (AvgIpc) is 2.46. The summed E-state index contributed by atoms with van der Waals surface area (Å²) < 4.78 is 0. The number of aromatic nitrogens is 1. The van der Waals surface area contributed by atoms with Crippen LogP contribution in [-0.4, -0.2) is 4.98 Å². The van der Waals surface area contributed by atoms with Crippen molar-refractivity contribution in [1.29, 1.82) is 0 Å². The Balaban J connectivity index is 1.72. The Bertz CT molecular complexity index is 737. The summed E-state index contributed by atoms with van der Waals surface area (Å²) in [5, 5.41) is 4.72. The molecule has 1 heterocycles. The number of nitrogens with one attached hydrogen (secondary N) is 1. The minimum atomic E-state index is 0.835. The number of hydrogen-bond donors (Lipinski definition) is 1. The summed E-state index contributed by atoms with van der Waals surface area (Å²) in [6.45, 7) is 6.00. The molecular formula is C19H20N2. The summed E-state index contributed by atoms with van der Waals surface area (Å²) >= 11 is 0. The third kappa shape index (κ3) is 3.29. The molecule has 106 valence electrons. The fraction of sp³-hybridized carbons (Fsp3) is 0.211. The molecule has 0 atom stereocenters. The SMILES string of the molecule is Cc1cc(C)cc(CNCc2cccc3cccnc23)c1. The third-order valence-electron chi connectivity index (χ3n) is 3.64. The number of fused-ring (bicyclic) bond motifs is 1. The lowest BCUT2D eigenvalue weighted by Crippen LogP contribution is -2.13. The number of pyridine rings is 1. The van der Waals surface area contributed by atoms with Gasteiger partial charge in [-0.05, 0) is 31.0 Å². The Morgan fingerprint density at radius 2 is 1.67 bits per heavy atom. The van der Waals surface area contributed by atoms with Crippen LogP contribution in [0.5, 0.6) is 0 Å². The number of aryl methyl sites for hydroxylation is 2. The summed E-state index contributed by atoms with van der Waals surface area (Å²) in [7, 11) is 0. The maximum Gasteiger partial charge on any atom is 0.0746 e. The van der Waals surface area contributed by atoms with Crippen LogP contribution in [0, 0.1) is 13.8 Å². The molecule has 2 nitrogen and oxygen atoms in total. The van der Waals surface area contributed by atoms with Crippen LogP contribution in [0.25, 0.3) is 10.9 Å². The van der Waals surface area contributed by atoms with E-state index in [1.54, 1.807) is 0 Å². The van der Waals surface area contributed by atoms with E-state index in [0.29, 0.717) is 0 Å². The fourth-order valence-corrected chi connectivity index (χ4v) is 2.82. The lowest BCUT2D eigenvalue weighted by Gasteiger charge is -2.09. The second-order valence-electron chi connectivity index (χ2n) is 5.59. The highest BCUT2D eigenvalue weighted by molar-refractivity contribution is 5.81. The molecule has 3 rings (SSSR count). The minimum Gasteiger partial charge on any atom is -0.309 e. The van der Waals surface area contributed by atoms with Gasteiger partial charge in [-0.2, -0.15) is 0 Å². The molecule has 0 amide bonds. The molecule has 0 unspecified atom stereocenters. The molecule has 0 saturated carbocycles. The van der Waals surface area contributed by atoms with Crippen LogP contribution >= 0.6 is 0 Å². The first kappa shape index (κ1) is 13.8. The second kappa shape index (κ2) is 6.06. The van der Waals surface area contributed by atoms with Crippen molar-refractivity contribution in [1.82, 2.24) is 10.3 Å². The van der Waals surface area contributed by atoms with E-state index in [0.717, 1.165) is 18.6 Å². The van der Waals surface area contributed by atoms with Crippen molar-refractivity contribution < 1.29 is 0 Å². The van der Waals surface area contributed by atoms with Gasteiger partial charge in [0.2, 0.25) is 0 Å². The molecule has 0 bridgehead atoms. The van der Waals surface area contributed by atoms with Gasteiger partial charge in [-0.25, -0.2) is 0 Å². The van der Waals surface area contributed by atoms with Crippen LogP contribution < -0.4 is 5.32 Å². The van der Waals surface area contributed by atoms with Crippen LogP contribution in [0.1, 0.15) is 22.3 Å². The molecule has 0 saturated heterocycles. The van der Waals surface area contributed by atoms with Gasteiger partial charge in [0.25, 0.3) is 0 Å². The van der Waals surface area contributed by atoms with E-state index >= 15 is 0 Å². The Morgan fingerprint density at radius 3 is 2.48 bits per heavy atom. The number of hydrogen-bond acceptors (Lipinski definition) is 2. The lowest BCUT2D eigenvalue weighted by molar-refractivity contribution is 0.695. The lowest BCUT2D eigenvalue weighted by atomic mass is 10.1. The Hall–Kier alpha value is -2.19. The van der Waals surface area contributed by atoms with Gasteiger partial charge in [0.1, 0.15) is 0 Å². The zero-order valence-corrected chi connectivity index (χ0v) is 12.6. The van der Waals surface area contributed by atoms with E-state index in [4.69, 9.17) is 0 Å². The average molecular weight is 276 g/mol. The van der Waals surface area contributed by atoms with Gasteiger partial charge < -0.3 is 5.32 Å². The number of benzene rings is 2. The first-order chi connectivity index (χ1) is 10.2. The smallest absolute Gasteiger partial charge is 0.0746 e. The molecule has 2 aromatic carbocycles. The standard InChI is InChI=1S/C19H20N2/c1-14-9-15(2)11-16(10-14)12-20-13-18-6-3-5-17-7-4-8-21-19(17)18/h3-11,20H,12-13H2,1-2H3. The summed E-state index contributed by atoms with van der Waals surface area (Å²) in [4.78, 5) is 4.50. The summed E-state index contributed by atoms with van der Waals surface area (Å²) in [6.07, 6.45) is 1.86. The summed E-state index contributed by atoms with van der Waals surface area (Å²) in [5.41, 5.74) is 6.31. The predicted molar refractivity (Wildman–Crippen MR) is 88.2 cm³/mol. The van der Waals surface area contributed by atoms with E-state index in [1.165, 1.54) is 27.6 Å². The Kier molecular flexibility index (Phi) is 3.98. The molecular weight excluding hydrogens is 256 g/mol. The molecule has 0 aliphatic rings. The van der Waals surface area contributed by atoms with Crippen molar-refractivity contribution >= 4 is 10.9 Å². The van der Waals surface area contributed by atoms with Crippen LogP contribution in [-0.2, 0) is 13.1 Å². The molecule has 1 N–H and O–H groups in total. The minimum absolute atomic E-state index is 0.835. The highest BCUT2D eigenvalue weighted by Crippen LogP contribution is 2.16. The van der Waals surface area contributed by atoms with Gasteiger partial charge in [0.05, 0.1) is 5.52 Å². The monoisotopic (exact) mass is 276 g/mol. The molecule has 3 aromatic rings. The summed E-state index contributed by atoms with van der Waals surface area (Å²) in [6, 6.07) is 17.1. The second-order valence-corrected chi connectivity index (χ2v) is 5.59. The van der Waals surface area contributed by atoms with Gasteiger partial charge in [0, 0.05) is 24.7 Å². The van der Waals surface area contributed by atoms with Crippen molar-refractivity contribution in [3.63, 3.8) is 0 Å². The van der Waals surface area contributed by atoms with Crippen molar-refractivity contribution in [3.8, 4) is 0 Å². The van der Waals surface area contributed by atoms with Gasteiger partial charge in [0.15, 0.2) is 0 Å². The van der Waals surface area contributed by atoms with E-state index in [-0.39, 0.29) is 0 Å². The van der Waals surface area contributed by atoms with Crippen LogP contribution in [0.4, 0.5) is 0 Å². The topological polar surface area (TPSA) is 24.9 Å². The van der Waals surface area contributed by atoms with Crippen molar-refractivity contribution in [2.45, 2.75) is 26.9 Å². The van der Waals surface area contributed by atoms with Gasteiger partial charge in [-0.1, -0.05) is 53.6 Å². The third-order valence-corrected chi connectivity index (χ3v) is 3.64. The Morgan fingerprint density at radius 1 is 0.905 bits per heavy atom. The van der Waals surface area contributed by atoms with Gasteiger partial charge in [-0.3, -0.25) is 4.98 Å². The normalized spacial score (nSPS) is 11.0. The molecule has 0 aliphatic heterocycles. The molecule has 0 fully saturated rings. The highest BCUT2D eigenvalue weighted by Gasteiger charge is 2.02. The van der Waals surface area contributed by atoms with E-state index in [1.807, 2.05) is 12.3 Å². The predicted octanol–water partition coefficient (Wildman–Crippen LogP) is 4.14. The number of nitrogens with zero attached hydrogens (tertiary/aromatic N) is 1. The van der Waals surface area contributed by atoms with Crippen LogP contribution in [0.3, 0.4) is 0 Å². The van der Waals surface area contributed by atoms with Crippen molar-refractivity contribution in [3.05, 3.63) is 77.0 Å². The quantitative estimate of drug-likeness (QED) is 0.774. The van der Waals surface area contributed by atoms with Crippen LogP contribution in [0.2, 0.25) is 0 Å². The molecule has 0 radical (unpaired) electrons. The maximum absolute atomic E-state index is 4.50. The molecule has 0 aliphatic carbocycles. The molecule has 21 heavy (non-hydrogen) atoms. The number of para-hydroxylation sites is 1. The summed E-state index contributed by atoms with van der Waals surface area (Å²) in [5.74, 6) is 0. The molecule has 1 aromatic heterocycles. The molecule has 0 spiro atoms. The zero-order valence-electron chi connectivity index (χ0n) is 12.6. The number of rotatable bonds is 4. The van der Waals surface area contributed by atoms with Crippen LogP contribution in [0.15, 0.2) is 54.7 Å². The van der Waals surface area contributed by atoms with Crippen molar-refractivity contribution in [2.75, 3.05) is 0 Å². The first-order valence-corrected chi connectivity index (χ1v) is 7.33. The maximum atomic E-state index is 4.50. The fourth-order valence-electron chi connectivity index (χ4n) is 2.82.